The summed E-state index contributed by atoms with van der Waals surface area (Å²) in [4.78, 5) is 14.5. The molecule has 0 bridgehead atoms. The van der Waals surface area contributed by atoms with Crippen LogP contribution in [0.25, 0.3) is 0 Å². The van der Waals surface area contributed by atoms with Crippen molar-refractivity contribution in [2.45, 2.75) is 19.8 Å². The predicted molar refractivity (Wildman–Crippen MR) is 97.7 cm³/mol. The fraction of sp³-hybridized carbons (Fsp3) is 0.474. The zero-order valence-corrected chi connectivity index (χ0v) is 14.9. The molecule has 0 aliphatic carbocycles. The number of hydrogen-bond acceptors (Lipinski definition) is 4. The van der Waals surface area contributed by atoms with Crippen LogP contribution in [0.5, 0.6) is 5.75 Å². The quantitative estimate of drug-likeness (QED) is 0.839. The van der Waals surface area contributed by atoms with Gasteiger partial charge in [0.05, 0.1) is 12.6 Å². The lowest BCUT2D eigenvalue weighted by Crippen LogP contribution is -2.25. The Morgan fingerprint density at radius 1 is 1.36 bits per heavy atom. The van der Waals surface area contributed by atoms with E-state index in [0.717, 1.165) is 29.5 Å². The third-order valence-electron chi connectivity index (χ3n) is 4.45. The van der Waals surface area contributed by atoms with Crippen molar-refractivity contribution < 1.29 is 9.53 Å². The number of nitrogens with one attached hydrogen (secondary N) is 1. The van der Waals surface area contributed by atoms with Crippen molar-refractivity contribution in [2.75, 3.05) is 31.6 Å². The van der Waals surface area contributed by atoms with Gasteiger partial charge >= 0.3 is 0 Å². The number of carbonyl (C=O) groups is 1. The third-order valence-corrected chi connectivity index (χ3v) is 4.45. The molecule has 134 valence electrons. The highest BCUT2D eigenvalue weighted by atomic mass is 16.5. The molecule has 1 amide bonds. The molecule has 1 aromatic heterocycles. The first kappa shape index (κ1) is 17.5. The van der Waals surface area contributed by atoms with Crippen LogP contribution in [0.3, 0.4) is 0 Å². The van der Waals surface area contributed by atoms with Crippen LogP contribution >= 0.6 is 0 Å². The monoisotopic (exact) mass is 342 g/mol. The van der Waals surface area contributed by atoms with E-state index in [4.69, 9.17) is 4.74 Å². The van der Waals surface area contributed by atoms with E-state index in [1.807, 2.05) is 37.5 Å². The summed E-state index contributed by atoms with van der Waals surface area (Å²) in [6, 6.07) is 7.53. The number of rotatable bonds is 7. The lowest BCUT2D eigenvalue weighted by Gasteiger charge is -2.15. The van der Waals surface area contributed by atoms with Gasteiger partial charge < -0.3 is 10.1 Å². The molecular weight excluding hydrogens is 316 g/mol. The van der Waals surface area contributed by atoms with Gasteiger partial charge in [-0.05, 0) is 48.7 Å². The van der Waals surface area contributed by atoms with Crippen LogP contribution < -0.4 is 10.1 Å². The van der Waals surface area contributed by atoms with E-state index in [0.29, 0.717) is 13.0 Å². The highest BCUT2D eigenvalue weighted by Crippen LogP contribution is 2.17. The summed E-state index contributed by atoms with van der Waals surface area (Å²) in [6.45, 7) is 6.30. The molecule has 0 unspecified atom stereocenters. The van der Waals surface area contributed by atoms with Crippen molar-refractivity contribution in [3.63, 3.8) is 0 Å². The first-order valence-corrected chi connectivity index (χ1v) is 8.81. The normalized spacial score (nSPS) is 17.6. The van der Waals surface area contributed by atoms with Gasteiger partial charge in [0.2, 0.25) is 5.91 Å². The molecule has 0 saturated carbocycles. The molecular formula is C19H26N4O2. The molecule has 6 heteroatoms. The second-order valence-corrected chi connectivity index (χ2v) is 6.81. The van der Waals surface area contributed by atoms with Crippen molar-refractivity contribution >= 4 is 11.6 Å². The maximum absolute atomic E-state index is 12.0. The molecule has 2 aromatic rings. The number of likely N-dealkylation sites (tertiary alicyclic amines) is 1. The molecule has 3 rings (SSSR count). The summed E-state index contributed by atoms with van der Waals surface area (Å²) in [5, 5.41) is 6.96. The van der Waals surface area contributed by atoms with Gasteiger partial charge in [0.15, 0.2) is 0 Å². The van der Waals surface area contributed by atoms with Crippen LogP contribution in [0.4, 0.5) is 5.69 Å². The Hall–Kier alpha value is -2.34. The molecule has 6 nitrogen and oxygen atoms in total. The van der Waals surface area contributed by atoms with E-state index in [2.05, 4.69) is 22.2 Å². The molecule has 1 saturated heterocycles. The summed E-state index contributed by atoms with van der Waals surface area (Å²) in [7, 11) is 1.84. The second-order valence-electron chi connectivity index (χ2n) is 6.81. The number of hydrogen-bond donors (Lipinski definition) is 1. The number of anilines is 1. The molecule has 2 heterocycles. The topological polar surface area (TPSA) is 59.4 Å². The molecule has 0 spiro atoms. The van der Waals surface area contributed by atoms with Crippen molar-refractivity contribution in [3.05, 3.63) is 42.2 Å². The number of benzene rings is 1. The number of aromatic nitrogens is 2. The minimum Gasteiger partial charge on any atom is -0.492 e. The Labute approximate surface area is 148 Å². The van der Waals surface area contributed by atoms with Gasteiger partial charge in [-0.2, -0.15) is 5.10 Å². The van der Waals surface area contributed by atoms with Gasteiger partial charge in [-0.3, -0.25) is 14.4 Å². The van der Waals surface area contributed by atoms with Crippen LogP contribution in [-0.4, -0.2) is 46.8 Å². The number of ether oxygens (including phenoxy) is 1. The molecule has 0 radical (unpaired) electrons. The van der Waals surface area contributed by atoms with Gasteiger partial charge in [-0.25, -0.2) is 0 Å². The first-order valence-electron chi connectivity index (χ1n) is 8.81. The predicted octanol–water partition coefficient (Wildman–Crippen LogP) is 2.32. The van der Waals surface area contributed by atoms with Crippen LogP contribution in [0, 0.1) is 5.92 Å². The Bertz CT molecular complexity index is 696. The van der Waals surface area contributed by atoms with Crippen LogP contribution in [-0.2, 0) is 18.3 Å². The lowest BCUT2D eigenvalue weighted by molar-refractivity contribution is -0.115. The van der Waals surface area contributed by atoms with Gasteiger partial charge in [-0.15, -0.1) is 0 Å². The minimum absolute atomic E-state index is 0.0511. The lowest BCUT2D eigenvalue weighted by atomic mass is 10.2. The van der Waals surface area contributed by atoms with Crippen LogP contribution in [0.15, 0.2) is 36.7 Å². The fourth-order valence-corrected chi connectivity index (χ4v) is 3.11. The molecule has 1 N–H and O–H groups in total. The Morgan fingerprint density at radius 3 is 2.80 bits per heavy atom. The van der Waals surface area contributed by atoms with Gasteiger partial charge in [-0.1, -0.05) is 6.92 Å². The zero-order chi connectivity index (χ0) is 17.6. The molecule has 1 aliphatic rings. The number of carbonyl (C=O) groups excluding carboxylic acids is 1. The summed E-state index contributed by atoms with van der Waals surface area (Å²) in [6.07, 6.45) is 5.16. The number of aryl methyl sites for hydroxylation is 1. The summed E-state index contributed by atoms with van der Waals surface area (Å²) in [5.74, 6) is 1.58. The van der Waals surface area contributed by atoms with E-state index in [1.165, 1.54) is 19.5 Å². The largest absolute Gasteiger partial charge is 0.492 e. The number of amides is 1. The van der Waals surface area contributed by atoms with E-state index in [9.17, 15) is 4.79 Å². The minimum atomic E-state index is -0.0511. The fourth-order valence-electron chi connectivity index (χ4n) is 3.11. The molecule has 1 atom stereocenters. The Morgan fingerprint density at radius 2 is 2.16 bits per heavy atom. The maximum Gasteiger partial charge on any atom is 0.228 e. The number of nitrogens with zero attached hydrogens (tertiary/aromatic N) is 3. The third kappa shape index (κ3) is 5.32. The van der Waals surface area contributed by atoms with E-state index >= 15 is 0 Å². The highest BCUT2D eigenvalue weighted by Gasteiger charge is 2.17. The van der Waals surface area contributed by atoms with Crippen LogP contribution in [0.2, 0.25) is 0 Å². The van der Waals surface area contributed by atoms with E-state index < -0.39 is 0 Å². The average molecular weight is 342 g/mol. The van der Waals surface area contributed by atoms with E-state index in [1.54, 1.807) is 10.9 Å². The molecule has 1 aromatic carbocycles. The van der Waals surface area contributed by atoms with Crippen molar-refractivity contribution in [3.8, 4) is 5.75 Å². The summed E-state index contributed by atoms with van der Waals surface area (Å²) < 4.78 is 7.49. The smallest absolute Gasteiger partial charge is 0.228 e. The molecule has 1 fully saturated rings. The SMILES string of the molecule is C[C@H]1CCN(CCOc2ccc(NC(=O)Cc3cnn(C)c3)cc2)C1. The summed E-state index contributed by atoms with van der Waals surface area (Å²) in [5.41, 5.74) is 1.67. The first-order chi connectivity index (χ1) is 12.1. The Kier molecular flexibility index (Phi) is 5.71. The highest BCUT2D eigenvalue weighted by molar-refractivity contribution is 5.92. The second kappa shape index (κ2) is 8.16. The Balaban J connectivity index is 1.41. The van der Waals surface area contributed by atoms with Gasteiger partial charge in [0.25, 0.3) is 0 Å². The van der Waals surface area contributed by atoms with Crippen molar-refractivity contribution in [1.29, 1.82) is 0 Å². The maximum atomic E-state index is 12.0. The van der Waals surface area contributed by atoms with Crippen LogP contribution in [0.1, 0.15) is 18.9 Å². The summed E-state index contributed by atoms with van der Waals surface area (Å²) >= 11 is 0. The molecule has 25 heavy (non-hydrogen) atoms. The van der Waals surface area contributed by atoms with Crippen molar-refractivity contribution in [1.82, 2.24) is 14.7 Å². The van der Waals surface area contributed by atoms with E-state index in [-0.39, 0.29) is 5.91 Å². The average Bonchev–Trinajstić information content (AvgIpc) is 3.17. The standard InChI is InChI=1S/C19H26N4O2/c1-15-7-8-23(13-15)9-10-25-18-5-3-17(4-6-18)21-19(24)11-16-12-20-22(2)14-16/h3-6,12,14-15H,7-11,13H2,1-2H3,(H,21,24)/t15-/m0/s1. The van der Waals surface area contributed by atoms with Gasteiger partial charge in [0, 0.05) is 32.0 Å². The molecule has 1 aliphatic heterocycles. The van der Waals surface area contributed by atoms with Gasteiger partial charge in [0.1, 0.15) is 12.4 Å². The van der Waals surface area contributed by atoms with Crippen molar-refractivity contribution in [2.24, 2.45) is 13.0 Å². The zero-order valence-electron chi connectivity index (χ0n) is 14.9.